The van der Waals surface area contributed by atoms with Gasteiger partial charge in [-0.15, -0.1) is 0 Å². The van der Waals surface area contributed by atoms with E-state index in [1.165, 1.54) is 6.92 Å². The number of nitrogens with two attached hydrogens (primary N) is 4. The number of aliphatic hydroxyl groups is 3. The fourth-order valence-corrected chi connectivity index (χ4v) is 12.2. The third-order valence-electron chi connectivity index (χ3n) is 18.1. The largest absolute Gasteiger partial charge is 0.480 e. The van der Waals surface area contributed by atoms with Crippen LogP contribution in [-0.4, -0.2) is 243 Å². The summed E-state index contributed by atoms with van der Waals surface area (Å²) in [6.45, 7) is 2.34. The lowest BCUT2D eigenvalue weighted by atomic mass is 10.00. The number of fused-ring (bicyclic) bond motifs is 1. The maximum Gasteiger partial charge on any atom is 0.327 e. The van der Waals surface area contributed by atoms with Crippen LogP contribution in [0, 0.1) is 0 Å². The predicted molar refractivity (Wildman–Crippen MR) is 434 cm³/mol. The normalized spacial score (nSPS) is 14.9. The molecule has 634 valence electrons. The lowest BCUT2D eigenvalue weighted by Gasteiger charge is -2.29. The van der Waals surface area contributed by atoms with E-state index in [1.54, 1.807) is 121 Å². The molecule has 26 N–H and O–H groups in total. The number of para-hydroxylation sites is 1. The third-order valence-corrected chi connectivity index (χ3v) is 18.8. The van der Waals surface area contributed by atoms with Gasteiger partial charge in [-0.1, -0.05) is 117 Å². The van der Waals surface area contributed by atoms with Crippen molar-refractivity contribution in [3.63, 3.8) is 0 Å². The summed E-state index contributed by atoms with van der Waals surface area (Å²) in [5, 5.41) is 74.3. The Hall–Kier alpha value is -11.1. The van der Waals surface area contributed by atoms with Crippen LogP contribution in [0.4, 0.5) is 0 Å². The molecule has 39 heteroatoms. The Morgan fingerprint density at radius 2 is 0.759 bits per heavy atom. The van der Waals surface area contributed by atoms with Gasteiger partial charge in [0, 0.05) is 54.3 Å². The number of aromatic nitrogens is 1. The highest BCUT2D eigenvalue weighted by Crippen LogP contribution is 2.21. The summed E-state index contributed by atoms with van der Waals surface area (Å²) in [7, 11) is 0. The van der Waals surface area contributed by atoms with Crippen LogP contribution in [0.25, 0.3) is 10.9 Å². The molecule has 0 aliphatic heterocycles. The number of primary amides is 1. The second-order valence-corrected chi connectivity index (χ2v) is 28.1. The molecule has 0 unspecified atom stereocenters. The van der Waals surface area contributed by atoms with Crippen molar-refractivity contribution < 1.29 is 92.3 Å². The number of hydrogen-bond donors (Lipinski definition) is 24. The Bertz CT molecular complexity index is 4090. The lowest BCUT2D eigenvalue weighted by Crippen LogP contribution is -2.63. The van der Waals surface area contributed by atoms with E-state index in [0.717, 1.165) is 13.8 Å². The summed E-state index contributed by atoms with van der Waals surface area (Å²) in [6, 6.07) is 10.9. The number of H-pyrrole nitrogens is 1. The highest BCUT2D eigenvalue weighted by atomic mass is 32.1. The van der Waals surface area contributed by atoms with Gasteiger partial charge in [0.05, 0.1) is 37.8 Å². The van der Waals surface area contributed by atoms with E-state index in [2.05, 4.69) is 99.4 Å². The molecule has 0 aliphatic carbocycles. The van der Waals surface area contributed by atoms with Gasteiger partial charge in [0.15, 0.2) is 0 Å². The zero-order valence-corrected chi connectivity index (χ0v) is 65.6. The molecule has 1 heterocycles. The van der Waals surface area contributed by atoms with Crippen molar-refractivity contribution in [2.24, 2.45) is 22.9 Å². The Labute approximate surface area is 682 Å². The van der Waals surface area contributed by atoms with Crippen LogP contribution >= 0.6 is 25.3 Å². The number of unbranched alkanes of at least 4 members (excludes halogenated alkanes) is 2. The van der Waals surface area contributed by atoms with Crippen molar-refractivity contribution in [2.45, 2.75) is 190 Å². The first kappa shape index (κ1) is 97.3. The average molecular weight is 1660 g/mol. The molecule has 14 amide bonds. The van der Waals surface area contributed by atoms with E-state index in [4.69, 9.17) is 22.9 Å². The summed E-state index contributed by atoms with van der Waals surface area (Å²) in [6.07, 6.45) is -2.99. The predicted octanol–water partition coefficient (Wildman–Crippen LogP) is -4.81. The van der Waals surface area contributed by atoms with E-state index in [9.17, 15) is 78.0 Å². The molecule has 4 aromatic carbocycles. The highest BCUT2D eigenvalue weighted by Gasteiger charge is 2.39. The molecule has 5 aromatic rings. The van der Waals surface area contributed by atoms with E-state index < -0.39 is 199 Å². The number of rotatable bonds is 50. The fourth-order valence-electron chi connectivity index (χ4n) is 11.7. The summed E-state index contributed by atoms with van der Waals surface area (Å²) < 4.78 is 0. The smallest absolute Gasteiger partial charge is 0.327 e. The van der Waals surface area contributed by atoms with Gasteiger partial charge in [-0.2, -0.15) is 25.3 Å². The van der Waals surface area contributed by atoms with Gasteiger partial charge in [-0.25, -0.2) is 4.79 Å². The first-order chi connectivity index (χ1) is 54.8. The molecule has 0 bridgehead atoms. The number of amides is 14. The molecule has 0 saturated heterocycles. The van der Waals surface area contributed by atoms with Gasteiger partial charge in [-0.05, 0) is 101 Å². The van der Waals surface area contributed by atoms with Gasteiger partial charge in [0.1, 0.15) is 72.5 Å². The zero-order chi connectivity index (χ0) is 84.8. The van der Waals surface area contributed by atoms with Crippen molar-refractivity contribution >= 4 is 125 Å². The van der Waals surface area contributed by atoms with Gasteiger partial charge < -0.3 is 117 Å². The summed E-state index contributed by atoms with van der Waals surface area (Å²) in [5.41, 5.74) is 25.4. The van der Waals surface area contributed by atoms with Gasteiger partial charge in [0.2, 0.25) is 82.7 Å². The number of hydrogen-bond acceptors (Lipinski definition) is 23. The number of nitrogens with one attached hydrogen (secondary N) is 14. The minimum absolute atomic E-state index is 0. The van der Waals surface area contributed by atoms with Crippen molar-refractivity contribution in [1.82, 2.24) is 74.1 Å². The molecular formula is C77H110N18O19S2. The maximum atomic E-state index is 15.4. The van der Waals surface area contributed by atoms with E-state index in [0.29, 0.717) is 46.0 Å². The van der Waals surface area contributed by atoms with Gasteiger partial charge >= 0.3 is 5.97 Å². The number of aliphatic hydroxyl groups excluding tert-OH is 3. The molecule has 0 radical (unpaired) electrons. The Kier molecular flexibility index (Phi) is 42.2. The molecule has 1 aromatic heterocycles. The zero-order valence-electron chi connectivity index (χ0n) is 63.8. The minimum atomic E-state index is -1.91. The van der Waals surface area contributed by atoms with Crippen molar-refractivity contribution in [3.8, 4) is 0 Å². The number of thiol groups is 2. The summed E-state index contributed by atoms with van der Waals surface area (Å²) >= 11 is 8.09. The van der Waals surface area contributed by atoms with Gasteiger partial charge in [-0.3, -0.25) is 67.1 Å². The first-order valence-electron chi connectivity index (χ1n) is 37.2. The van der Waals surface area contributed by atoms with Crippen molar-refractivity contribution in [1.29, 1.82) is 0 Å². The third kappa shape index (κ3) is 32.3. The quantitative estimate of drug-likeness (QED) is 0.0128. The second-order valence-electron chi connectivity index (χ2n) is 27.4. The first-order valence-corrected chi connectivity index (χ1v) is 38.5. The number of benzene rings is 4. The van der Waals surface area contributed by atoms with Crippen LogP contribution in [0.15, 0.2) is 121 Å². The number of carboxylic acids is 1. The van der Waals surface area contributed by atoms with Crippen LogP contribution in [0.2, 0.25) is 0 Å². The molecule has 15 atom stereocenters. The van der Waals surface area contributed by atoms with Crippen LogP contribution < -0.4 is 92.1 Å². The average Bonchev–Trinajstić information content (AvgIpc) is 1.61. The van der Waals surface area contributed by atoms with Crippen LogP contribution in [0.1, 0.15) is 95.4 Å². The minimum Gasteiger partial charge on any atom is -0.480 e. The number of aliphatic carboxylic acids is 1. The van der Waals surface area contributed by atoms with Crippen LogP contribution in [0.3, 0.4) is 0 Å². The standard InChI is InChI=1S/C76H106N18O19S2.CH4/c1-41(79)64(100)82-37-61(99)83-58(39-114)73(109)85-50(27-15-17-29-77)65(101)89-56(35-60(80)98)70(106)87-52(31-44-19-7-4-8-20-44)67(103)86-53(32-45-21-9-5-10-22-45)68(104)88-55(34-47-36-81-49-26-14-13-25-48(47)49)69(105)84-51(28-16-18-30-78)66(102)93-62(42(2)96)74(110)90-54(33-46-23-11-6-12-24-46)71(107)94-63(43(3)97)75(111)91-57(38-95)72(108)92-59(40-115)76(112)113;/h4-14,19-26,36,41-43,50-59,62-63,81,95-97,114-115H,15-18,27-35,37-40,77-79H2,1-3H3,(H2,80,98)(H,82,100)(H,83,99)(H,84,105)(H,85,109)(H,86,103)(H,87,106)(H,88,104)(H,89,101)(H,90,110)(H,91,111)(H,92,108)(H,93,102)(H,94,107)(H,112,113);1H4/t41-,42+,43+,50-,51-,52-,53-,54-,55-,56-,57-,58-,59-,62-,63-;/m0./s1. The molecule has 0 fully saturated rings. The Morgan fingerprint density at radius 3 is 1.16 bits per heavy atom. The molecule has 0 saturated carbocycles. The van der Waals surface area contributed by atoms with Crippen LogP contribution in [-0.2, 0) is 97.6 Å². The monoisotopic (exact) mass is 1650 g/mol. The molecular weight excluding hydrogens is 1550 g/mol. The Morgan fingerprint density at radius 1 is 0.414 bits per heavy atom. The van der Waals surface area contributed by atoms with Gasteiger partial charge in [0.25, 0.3) is 0 Å². The number of carboxylic acid groups (broad SMARTS) is 1. The molecule has 5 rings (SSSR count). The Balaban J connectivity index is 0.0000283. The molecule has 0 spiro atoms. The maximum absolute atomic E-state index is 15.4. The SMILES string of the molecule is C.C[C@H](N)C(=O)NCC(=O)N[C@@H](CS)C(=O)N[C@@H](CCCCN)C(=O)N[C@@H](CC(N)=O)C(=O)N[C@@H](Cc1ccccc1)C(=O)N[C@@H](Cc1ccccc1)C(=O)N[C@@H](Cc1c[nH]c2ccccc12)C(=O)N[C@@H](CCCCN)C(=O)N[C@H](C(=O)N[C@@H](Cc1ccccc1)C(=O)N[C@H](C(=O)N[C@@H](CO)C(=O)N[C@@H](CS)C(=O)O)[C@@H](C)O)[C@@H](C)O. The second kappa shape index (κ2) is 50.3. The molecule has 116 heavy (non-hydrogen) atoms. The van der Waals surface area contributed by atoms with E-state index in [1.807, 2.05) is 0 Å². The number of carbonyl (C=O) groups is 15. The van der Waals surface area contributed by atoms with E-state index in [-0.39, 0.29) is 83.4 Å². The molecule has 37 nitrogen and oxygen atoms in total. The van der Waals surface area contributed by atoms with E-state index >= 15 is 14.4 Å². The van der Waals surface area contributed by atoms with Crippen LogP contribution in [0.5, 0.6) is 0 Å². The highest BCUT2D eigenvalue weighted by molar-refractivity contribution is 7.80. The summed E-state index contributed by atoms with van der Waals surface area (Å²) in [4.78, 5) is 211. The van der Waals surface area contributed by atoms with Crippen molar-refractivity contribution in [3.05, 3.63) is 144 Å². The fraction of sp³-hybridized carbons (Fsp3) is 0.468. The number of aromatic amines is 1. The molecule has 0 aliphatic rings. The summed E-state index contributed by atoms with van der Waals surface area (Å²) in [5.74, 6) is -16.3. The topological polar surface area (TPSA) is 613 Å². The van der Waals surface area contributed by atoms with Crippen molar-refractivity contribution in [2.75, 3.05) is 37.7 Å². The number of carbonyl (C=O) groups excluding carboxylic acids is 14. The lowest BCUT2D eigenvalue weighted by molar-refractivity contribution is -0.142.